The number of nitrogens with zero attached hydrogens (tertiary/aromatic N) is 3. The second-order valence-corrected chi connectivity index (χ2v) is 8.58. The first kappa shape index (κ1) is 30.7. The molecule has 0 saturated heterocycles. The number of aromatic nitrogens is 3. The predicted molar refractivity (Wildman–Crippen MR) is 133 cm³/mol. The van der Waals surface area contributed by atoms with Crippen LogP contribution in [0.25, 0.3) is 5.69 Å². The number of nitrogens with one attached hydrogen (secondary N) is 3. The lowest BCUT2D eigenvalue weighted by Gasteiger charge is -2.18. The Morgan fingerprint density at radius 2 is 1.54 bits per heavy atom. The minimum Gasteiger partial charge on any atom is -0.481 e. The highest BCUT2D eigenvalue weighted by molar-refractivity contribution is 5.94. The molecule has 0 aliphatic carbocycles. The van der Waals surface area contributed by atoms with Gasteiger partial charge in [-0.05, 0) is 62.8 Å². The number of alkyl halides is 1. The summed E-state index contributed by atoms with van der Waals surface area (Å²) >= 11 is 0. The lowest BCUT2D eigenvalue weighted by atomic mass is 10.1. The molecule has 0 aliphatic rings. The Kier molecular flexibility index (Phi) is 12.3. The molecule has 0 spiro atoms. The van der Waals surface area contributed by atoms with Crippen LogP contribution in [0.1, 0.15) is 54.6 Å². The summed E-state index contributed by atoms with van der Waals surface area (Å²) < 4.78 is 13.8. The molecule has 2 atom stereocenters. The van der Waals surface area contributed by atoms with Crippen LogP contribution in [0.2, 0.25) is 0 Å². The molecular formula is C24H31FN6O8. The highest BCUT2D eigenvalue weighted by Crippen LogP contribution is 2.10. The molecule has 3 amide bonds. The van der Waals surface area contributed by atoms with Gasteiger partial charge in [-0.2, -0.15) is 0 Å². The molecule has 0 saturated carbocycles. The van der Waals surface area contributed by atoms with E-state index in [1.54, 1.807) is 30.5 Å². The molecule has 1 aromatic heterocycles. The standard InChI is InChI=1S/C24H31FN6O8/c25-12-3-4-16-14-31(30-29-16)17-8-6-15(7-9-17)21(34)26-13-2-1-5-18(22(35)36)27-24(39)28-19(23(37)38)10-11-20(32)33/h6-9,14,18-19H,1-5,10-13H2,(H,26,34)(H,32,33)(H,35,36)(H,37,38)(H2,27,28,39). The molecule has 6 N–H and O–H groups in total. The van der Waals surface area contributed by atoms with Crippen LogP contribution < -0.4 is 16.0 Å². The summed E-state index contributed by atoms with van der Waals surface area (Å²) in [5, 5.41) is 42.0. The fourth-order valence-electron chi connectivity index (χ4n) is 3.47. The van der Waals surface area contributed by atoms with Gasteiger partial charge < -0.3 is 31.3 Å². The zero-order valence-corrected chi connectivity index (χ0v) is 21.0. The molecule has 15 heteroatoms. The average Bonchev–Trinajstić information content (AvgIpc) is 3.37. The largest absolute Gasteiger partial charge is 0.481 e. The van der Waals surface area contributed by atoms with Gasteiger partial charge in [-0.15, -0.1) is 5.10 Å². The summed E-state index contributed by atoms with van der Waals surface area (Å²) in [4.78, 5) is 57.7. The number of aliphatic carboxylic acids is 3. The fourth-order valence-corrected chi connectivity index (χ4v) is 3.47. The number of hydrogen-bond donors (Lipinski definition) is 6. The Balaban J connectivity index is 1.75. The Bertz CT molecular complexity index is 1140. The number of aryl methyl sites for hydroxylation is 1. The lowest BCUT2D eigenvalue weighted by molar-refractivity contribution is -0.140. The maximum absolute atomic E-state index is 12.4. The van der Waals surface area contributed by atoms with Gasteiger partial charge in [-0.1, -0.05) is 5.21 Å². The third-order valence-corrected chi connectivity index (χ3v) is 5.56. The molecule has 0 bridgehead atoms. The summed E-state index contributed by atoms with van der Waals surface area (Å²) in [6.07, 6.45) is 2.45. The second-order valence-electron chi connectivity index (χ2n) is 8.58. The van der Waals surface area contributed by atoms with Gasteiger partial charge in [0.2, 0.25) is 0 Å². The number of unbranched alkanes of at least 4 members (excludes halogenated alkanes) is 1. The number of amides is 3. The van der Waals surface area contributed by atoms with Crippen molar-refractivity contribution in [2.45, 2.75) is 57.0 Å². The predicted octanol–water partition coefficient (Wildman–Crippen LogP) is 1.14. The number of carbonyl (C=O) groups is 5. The zero-order chi connectivity index (χ0) is 28.8. The van der Waals surface area contributed by atoms with E-state index in [9.17, 15) is 33.5 Å². The SMILES string of the molecule is O=C(O)CCC(NC(=O)NC(CCCCNC(=O)c1ccc(-n2cc(CCCF)nn2)cc1)C(=O)O)C(=O)O. The number of urea groups is 1. The smallest absolute Gasteiger partial charge is 0.326 e. The Morgan fingerprint density at radius 3 is 2.13 bits per heavy atom. The number of benzene rings is 1. The molecule has 0 fully saturated rings. The maximum Gasteiger partial charge on any atom is 0.326 e. The average molecular weight is 551 g/mol. The van der Waals surface area contributed by atoms with E-state index in [0.717, 1.165) is 0 Å². The quantitative estimate of drug-likeness (QED) is 0.155. The van der Waals surface area contributed by atoms with Gasteiger partial charge in [0, 0.05) is 18.5 Å². The van der Waals surface area contributed by atoms with Gasteiger partial charge in [0.05, 0.1) is 24.3 Å². The van der Waals surface area contributed by atoms with Crippen LogP contribution >= 0.6 is 0 Å². The molecule has 2 aromatic rings. The number of hydrogen-bond acceptors (Lipinski definition) is 7. The van der Waals surface area contributed by atoms with E-state index >= 15 is 0 Å². The van der Waals surface area contributed by atoms with Crippen molar-refractivity contribution in [3.8, 4) is 5.69 Å². The van der Waals surface area contributed by atoms with Crippen LogP contribution in [-0.4, -0.2) is 85.5 Å². The van der Waals surface area contributed by atoms with Gasteiger partial charge in [0.25, 0.3) is 5.91 Å². The number of carboxylic acids is 3. The van der Waals surface area contributed by atoms with Gasteiger partial charge in [0.1, 0.15) is 12.1 Å². The van der Waals surface area contributed by atoms with Gasteiger partial charge in [-0.3, -0.25) is 14.0 Å². The van der Waals surface area contributed by atoms with Crippen LogP contribution in [0.5, 0.6) is 0 Å². The molecule has 0 aliphatic heterocycles. The Hall–Kier alpha value is -4.56. The molecule has 39 heavy (non-hydrogen) atoms. The monoisotopic (exact) mass is 550 g/mol. The van der Waals surface area contributed by atoms with Crippen molar-refractivity contribution in [3.05, 3.63) is 41.7 Å². The third kappa shape index (κ3) is 10.8. The van der Waals surface area contributed by atoms with Gasteiger partial charge in [-0.25, -0.2) is 19.1 Å². The molecule has 2 unspecified atom stereocenters. The van der Waals surface area contributed by atoms with Crippen molar-refractivity contribution in [2.24, 2.45) is 0 Å². The molecule has 0 radical (unpaired) electrons. The van der Waals surface area contributed by atoms with E-state index in [1.165, 1.54) is 4.68 Å². The normalized spacial score (nSPS) is 12.2. The van der Waals surface area contributed by atoms with Crippen LogP contribution in [0, 0.1) is 0 Å². The molecule has 2 rings (SSSR count). The van der Waals surface area contributed by atoms with Gasteiger partial charge >= 0.3 is 23.9 Å². The highest BCUT2D eigenvalue weighted by atomic mass is 19.1. The van der Waals surface area contributed by atoms with Crippen LogP contribution in [0.4, 0.5) is 9.18 Å². The van der Waals surface area contributed by atoms with E-state index in [1.807, 2.05) is 0 Å². The van der Waals surface area contributed by atoms with E-state index in [-0.39, 0.29) is 25.3 Å². The Labute approximate surface area is 222 Å². The van der Waals surface area contributed by atoms with Crippen molar-refractivity contribution < 1.29 is 43.7 Å². The third-order valence-electron chi connectivity index (χ3n) is 5.56. The molecule has 212 valence electrons. The van der Waals surface area contributed by atoms with Crippen LogP contribution in [-0.2, 0) is 20.8 Å². The van der Waals surface area contributed by atoms with Crippen LogP contribution in [0.15, 0.2) is 30.5 Å². The van der Waals surface area contributed by atoms with E-state index in [4.69, 9.17) is 10.2 Å². The molecular weight excluding hydrogens is 519 g/mol. The van der Waals surface area contributed by atoms with Crippen molar-refractivity contribution in [3.63, 3.8) is 0 Å². The highest BCUT2D eigenvalue weighted by Gasteiger charge is 2.24. The topological polar surface area (TPSA) is 213 Å². The Morgan fingerprint density at radius 1 is 0.897 bits per heavy atom. The first-order valence-electron chi connectivity index (χ1n) is 12.2. The summed E-state index contributed by atoms with van der Waals surface area (Å²) in [6, 6.07) is 2.76. The minimum atomic E-state index is -1.49. The van der Waals surface area contributed by atoms with Crippen molar-refractivity contribution >= 4 is 29.8 Å². The first-order valence-corrected chi connectivity index (χ1v) is 12.2. The molecule has 1 aromatic carbocycles. The lowest BCUT2D eigenvalue weighted by Crippen LogP contribution is -2.51. The molecule has 1 heterocycles. The number of halogens is 1. The number of rotatable bonds is 17. The first-order chi connectivity index (χ1) is 18.6. The minimum absolute atomic E-state index is 0.0193. The van der Waals surface area contributed by atoms with E-state index in [2.05, 4.69) is 26.3 Å². The summed E-state index contributed by atoms with van der Waals surface area (Å²) in [5.74, 6) is -4.34. The van der Waals surface area contributed by atoms with E-state index < -0.39 is 49.1 Å². The zero-order valence-electron chi connectivity index (χ0n) is 21.0. The van der Waals surface area contributed by atoms with Crippen molar-refractivity contribution in [1.29, 1.82) is 0 Å². The maximum atomic E-state index is 12.4. The van der Waals surface area contributed by atoms with Crippen LogP contribution in [0.3, 0.4) is 0 Å². The summed E-state index contributed by atoms with van der Waals surface area (Å²) in [6.45, 7) is -0.187. The molecule has 14 nitrogen and oxygen atoms in total. The summed E-state index contributed by atoms with van der Waals surface area (Å²) in [7, 11) is 0. The van der Waals surface area contributed by atoms with Gasteiger partial charge in [0.15, 0.2) is 0 Å². The van der Waals surface area contributed by atoms with Crippen molar-refractivity contribution in [1.82, 2.24) is 30.9 Å². The number of carboxylic acid groups (broad SMARTS) is 3. The summed E-state index contributed by atoms with van der Waals surface area (Å²) in [5.41, 5.74) is 1.74. The number of carbonyl (C=O) groups excluding carboxylic acids is 2. The van der Waals surface area contributed by atoms with E-state index in [0.29, 0.717) is 42.6 Å². The van der Waals surface area contributed by atoms with Crippen molar-refractivity contribution in [2.75, 3.05) is 13.2 Å². The fraction of sp³-hybridized carbons (Fsp3) is 0.458. The second kappa shape index (κ2) is 15.6.